The molecule has 1 aliphatic rings. The number of aliphatic hydroxyl groups is 1. The number of ketones is 1. The molecule has 6 heteroatoms. The quantitative estimate of drug-likeness (QED) is 0.197. The Labute approximate surface area is 231 Å². The van der Waals surface area contributed by atoms with Crippen LogP contribution < -0.4 is 14.5 Å². The highest BCUT2D eigenvalue weighted by Crippen LogP contribution is 2.43. The number of hydrogen-bond donors (Lipinski definition) is 1. The molecule has 1 N–H and O–H groups in total. The maximum atomic E-state index is 13.6. The van der Waals surface area contributed by atoms with E-state index < -0.39 is 17.7 Å². The fourth-order valence-electron chi connectivity index (χ4n) is 5.08. The van der Waals surface area contributed by atoms with E-state index in [4.69, 9.17) is 4.74 Å². The molecule has 0 saturated carbocycles. The Kier molecular flexibility index (Phi) is 8.14. The predicted molar refractivity (Wildman–Crippen MR) is 158 cm³/mol. The summed E-state index contributed by atoms with van der Waals surface area (Å²) >= 11 is 0. The van der Waals surface area contributed by atoms with Gasteiger partial charge >= 0.3 is 0 Å². The van der Waals surface area contributed by atoms with E-state index in [1.54, 1.807) is 18.2 Å². The molecule has 0 radical (unpaired) electrons. The van der Waals surface area contributed by atoms with Crippen molar-refractivity contribution in [1.29, 1.82) is 0 Å². The lowest BCUT2D eigenvalue weighted by Crippen LogP contribution is -2.29. The number of Topliss-reactive ketones (excluding diaryl/α,β-unsaturated/α-hetero) is 1. The summed E-state index contributed by atoms with van der Waals surface area (Å²) in [5, 5.41) is 11.6. The number of amides is 1. The van der Waals surface area contributed by atoms with Crippen molar-refractivity contribution in [3.63, 3.8) is 0 Å². The van der Waals surface area contributed by atoms with Gasteiger partial charge in [-0.15, -0.1) is 0 Å². The van der Waals surface area contributed by atoms with Crippen LogP contribution in [-0.2, 0) is 9.59 Å². The van der Waals surface area contributed by atoms with Gasteiger partial charge in [-0.05, 0) is 113 Å². The summed E-state index contributed by atoms with van der Waals surface area (Å²) in [6.07, 6.45) is 0.00532. The van der Waals surface area contributed by atoms with Crippen molar-refractivity contribution < 1.29 is 19.4 Å². The monoisotopic (exact) mass is 526 g/mol. The smallest absolute Gasteiger partial charge is 0.300 e. The summed E-state index contributed by atoms with van der Waals surface area (Å²) in [5.41, 5.74) is 5.91. The first kappa shape index (κ1) is 28.0. The number of anilines is 2. The van der Waals surface area contributed by atoms with Gasteiger partial charge in [-0.1, -0.05) is 18.2 Å². The van der Waals surface area contributed by atoms with Crippen LogP contribution in [0.3, 0.4) is 0 Å². The minimum absolute atomic E-state index is 0.00532. The molecule has 1 saturated heterocycles. The van der Waals surface area contributed by atoms with Crippen molar-refractivity contribution in [1.82, 2.24) is 0 Å². The topological polar surface area (TPSA) is 70.1 Å². The maximum absolute atomic E-state index is 13.6. The molecule has 3 aromatic carbocycles. The molecule has 1 atom stereocenters. The number of hydrogen-bond acceptors (Lipinski definition) is 5. The molecule has 204 valence electrons. The molecule has 39 heavy (non-hydrogen) atoms. The van der Waals surface area contributed by atoms with Gasteiger partial charge in [0.1, 0.15) is 11.5 Å². The Morgan fingerprint density at radius 1 is 0.897 bits per heavy atom. The molecule has 4 rings (SSSR count). The summed E-state index contributed by atoms with van der Waals surface area (Å²) in [7, 11) is 0. The van der Waals surface area contributed by atoms with Crippen LogP contribution in [0.5, 0.6) is 5.75 Å². The molecule has 0 spiro atoms. The number of benzene rings is 3. The zero-order chi connectivity index (χ0) is 28.4. The highest BCUT2D eigenvalue weighted by molar-refractivity contribution is 6.51. The Bertz CT molecular complexity index is 1420. The average molecular weight is 527 g/mol. The Balaban J connectivity index is 1.89. The van der Waals surface area contributed by atoms with Crippen molar-refractivity contribution in [2.45, 2.75) is 60.6 Å². The van der Waals surface area contributed by atoms with Gasteiger partial charge in [0.2, 0.25) is 0 Å². The maximum Gasteiger partial charge on any atom is 0.300 e. The third kappa shape index (κ3) is 5.42. The molecule has 0 aliphatic carbocycles. The lowest BCUT2D eigenvalue weighted by Gasteiger charge is -2.27. The van der Waals surface area contributed by atoms with Gasteiger partial charge in [-0.3, -0.25) is 14.5 Å². The van der Waals surface area contributed by atoms with Crippen LogP contribution in [-0.4, -0.2) is 36.0 Å². The molecule has 1 fully saturated rings. The van der Waals surface area contributed by atoms with Gasteiger partial charge in [0.25, 0.3) is 11.7 Å². The summed E-state index contributed by atoms with van der Waals surface area (Å²) in [5.74, 6) is -0.852. The first-order chi connectivity index (χ1) is 18.6. The van der Waals surface area contributed by atoms with E-state index >= 15 is 0 Å². The molecule has 0 aromatic heterocycles. The minimum atomic E-state index is -0.773. The van der Waals surface area contributed by atoms with Crippen molar-refractivity contribution >= 4 is 28.8 Å². The Hall–Kier alpha value is -4.06. The Morgan fingerprint density at radius 3 is 2.13 bits per heavy atom. The third-order valence-corrected chi connectivity index (χ3v) is 7.36. The molecule has 0 bridgehead atoms. The Morgan fingerprint density at radius 2 is 1.56 bits per heavy atom. The fourth-order valence-corrected chi connectivity index (χ4v) is 5.08. The van der Waals surface area contributed by atoms with Crippen molar-refractivity contribution in [3.8, 4) is 5.75 Å². The van der Waals surface area contributed by atoms with Crippen LogP contribution >= 0.6 is 0 Å². The molecule has 1 unspecified atom stereocenters. The van der Waals surface area contributed by atoms with Gasteiger partial charge < -0.3 is 14.7 Å². The van der Waals surface area contributed by atoms with Crippen LogP contribution in [0.4, 0.5) is 11.4 Å². The van der Waals surface area contributed by atoms with Crippen molar-refractivity contribution in [3.05, 3.63) is 94.1 Å². The molecule has 1 aliphatic heterocycles. The van der Waals surface area contributed by atoms with Crippen LogP contribution in [0, 0.1) is 20.8 Å². The van der Waals surface area contributed by atoms with Crippen LogP contribution in [0.15, 0.2) is 66.2 Å². The molecule has 1 amide bonds. The largest absolute Gasteiger partial charge is 0.507 e. The van der Waals surface area contributed by atoms with Crippen LogP contribution in [0.2, 0.25) is 0 Å². The van der Waals surface area contributed by atoms with Gasteiger partial charge in [0.15, 0.2) is 0 Å². The number of carbonyl (C=O) groups is 2. The van der Waals surface area contributed by atoms with E-state index in [2.05, 4.69) is 18.7 Å². The van der Waals surface area contributed by atoms with E-state index in [-0.39, 0.29) is 17.4 Å². The van der Waals surface area contributed by atoms with Gasteiger partial charge in [-0.2, -0.15) is 0 Å². The second kappa shape index (κ2) is 11.4. The number of carbonyl (C=O) groups excluding carboxylic acids is 2. The summed E-state index contributed by atoms with van der Waals surface area (Å²) in [4.78, 5) is 30.8. The van der Waals surface area contributed by atoms with Gasteiger partial charge in [-0.25, -0.2) is 0 Å². The average Bonchev–Trinajstić information content (AvgIpc) is 3.17. The normalized spacial score (nSPS) is 16.7. The van der Waals surface area contributed by atoms with E-state index in [0.29, 0.717) is 17.0 Å². The first-order valence-electron chi connectivity index (χ1n) is 13.6. The van der Waals surface area contributed by atoms with E-state index in [9.17, 15) is 14.7 Å². The van der Waals surface area contributed by atoms with Crippen LogP contribution in [0.25, 0.3) is 5.76 Å². The van der Waals surface area contributed by atoms with Crippen molar-refractivity contribution in [2.75, 3.05) is 22.9 Å². The molecule has 6 nitrogen and oxygen atoms in total. The lowest BCUT2D eigenvalue weighted by molar-refractivity contribution is -0.132. The number of ether oxygens (including phenoxy) is 1. The number of aryl methyl sites for hydroxylation is 3. The highest BCUT2D eigenvalue weighted by Gasteiger charge is 2.47. The molecular formula is C33H38N2O4. The van der Waals surface area contributed by atoms with E-state index in [1.807, 2.05) is 77.1 Å². The predicted octanol–water partition coefficient (Wildman–Crippen LogP) is 6.87. The second-order valence-electron chi connectivity index (χ2n) is 10.3. The first-order valence-corrected chi connectivity index (χ1v) is 13.6. The van der Waals surface area contributed by atoms with Crippen molar-refractivity contribution in [2.24, 2.45) is 0 Å². The number of aliphatic hydroxyl groups excluding tert-OH is 1. The zero-order valence-corrected chi connectivity index (χ0v) is 23.9. The fraction of sp³-hybridized carbons (Fsp3) is 0.333. The summed E-state index contributed by atoms with van der Waals surface area (Å²) in [6.45, 7) is 15.7. The lowest BCUT2D eigenvalue weighted by atomic mass is 9.94. The van der Waals surface area contributed by atoms with Crippen LogP contribution in [0.1, 0.15) is 61.6 Å². The van der Waals surface area contributed by atoms with Gasteiger partial charge in [0.05, 0.1) is 17.7 Å². The summed E-state index contributed by atoms with van der Waals surface area (Å²) in [6, 6.07) is 18.1. The molecular weight excluding hydrogens is 488 g/mol. The third-order valence-electron chi connectivity index (χ3n) is 7.36. The van der Waals surface area contributed by atoms with E-state index in [0.717, 1.165) is 41.0 Å². The summed E-state index contributed by atoms with van der Waals surface area (Å²) < 4.78 is 5.85. The number of rotatable bonds is 8. The van der Waals surface area contributed by atoms with E-state index in [1.165, 1.54) is 4.90 Å². The molecule has 1 heterocycles. The highest BCUT2D eigenvalue weighted by atomic mass is 16.5. The van der Waals surface area contributed by atoms with Gasteiger partial charge in [0, 0.05) is 30.0 Å². The standard InChI is InChI=1S/C33H38N2O4/c1-8-34(9-2)26-15-11-24(12-16-26)30-29(31(36)25-13-17-28(23(7)18-25)39-20(3)4)32(37)33(38)35(30)27-14-10-21(5)22(6)19-27/h10-20,30,36H,8-9H2,1-7H3/b31-29+. The zero-order valence-electron chi connectivity index (χ0n) is 23.9. The second-order valence-corrected chi connectivity index (χ2v) is 10.3. The number of nitrogens with zero attached hydrogens (tertiary/aromatic N) is 2. The minimum Gasteiger partial charge on any atom is -0.507 e. The molecule has 3 aromatic rings. The SMILES string of the molecule is CCN(CC)c1ccc(C2/C(=C(\O)c3ccc(OC(C)C)c(C)c3)C(=O)C(=O)N2c2ccc(C)c(C)c2)cc1.